The number of hydrogen-bond donors (Lipinski definition) is 2. The number of hydrogen-bond acceptors (Lipinski definition) is 5. The third-order valence-electron chi connectivity index (χ3n) is 3.02. The average Bonchev–Trinajstić information content (AvgIpc) is 2.85. The normalized spacial score (nSPS) is 12.3. The third-order valence-corrected chi connectivity index (χ3v) is 4.70. The van der Waals surface area contributed by atoms with Crippen molar-refractivity contribution in [1.29, 1.82) is 0 Å². The zero-order chi connectivity index (χ0) is 14.9. The number of benzene rings is 1. The summed E-state index contributed by atoms with van der Waals surface area (Å²) < 4.78 is 5.43. The molecule has 20 heavy (non-hydrogen) atoms. The predicted octanol–water partition coefficient (Wildman–Crippen LogP) is 3.84. The van der Waals surface area contributed by atoms with Crippen LogP contribution in [0.3, 0.4) is 0 Å². The van der Waals surface area contributed by atoms with Crippen LogP contribution >= 0.6 is 22.9 Å². The molecular formula is C14H18ClN3OS. The van der Waals surface area contributed by atoms with Crippen molar-refractivity contribution in [2.24, 2.45) is 5.73 Å². The summed E-state index contributed by atoms with van der Waals surface area (Å²) in [6.07, 6.45) is 0. The molecule has 1 aromatic heterocycles. The predicted molar refractivity (Wildman–Crippen MR) is 86.0 cm³/mol. The smallest absolute Gasteiger partial charge is 0.183 e. The van der Waals surface area contributed by atoms with E-state index in [1.165, 1.54) is 0 Å². The van der Waals surface area contributed by atoms with Crippen LogP contribution < -0.4 is 15.8 Å². The Balaban J connectivity index is 2.67. The first-order valence-electron chi connectivity index (χ1n) is 6.26. The fourth-order valence-electron chi connectivity index (χ4n) is 1.96. The Morgan fingerprint density at radius 3 is 2.70 bits per heavy atom. The number of anilines is 1. The molecule has 0 saturated heterocycles. The number of halogens is 1. The molecule has 0 amide bonds. The van der Waals surface area contributed by atoms with Crippen LogP contribution in [0, 0.1) is 6.92 Å². The number of aryl methyl sites for hydroxylation is 1. The van der Waals surface area contributed by atoms with Gasteiger partial charge in [-0.25, -0.2) is 4.98 Å². The Morgan fingerprint density at radius 1 is 1.45 bits per heavy atom. The van der Waals surface area contributed by atoms with Crippen LogP contribution in [-0.4, -0.2) is 19.1 Å². The van der Waals surface area contributed by atoms with E-state index in [1.807, 2.05) is 33.0 Å². The second kappa shape index (κ2) is 5.99. The molecule has 6 heteroatoms. The fraction of sp³-hybridized carbons (Fsp3) is 0.357. The lowest BCUT2D eigenvalue weighted by Crippen LogP contribution is -2.04. The highest BCUT2D eigenvalue weighted by Gasteiger charge is 2.19. The number of thiazole rings is 1. The number of nitrogens with two attached hydrogens (primary N) is 1. The van der Waals surface area contributed by atoms with Gasteiger partial charge in [-0.15, -0.1) is 0 Å². The van der Waals surface area contributed by atoms with E-state index in [2.05, 4.69) is 10.3 Å². The molecule has 1 unspecified atom stereocenters. The van der Waals surface area contributed by atoms with Crippen LogP contribution in [-0.2, 0) is 0 Å². The maximum Gasteiger partial charge on any atom is 0.183 e. The van der Waals surface area contributed by atoms with Crippen molar-refractivity contribution in [1.82, 2.24) is 4.98 Å². The summed E-state index contributed by atoms with van der Waals surface area (Å²) in [6, 6.07) is 3.71. The number of ether oxygens (including phenoxy) is 1. The van der Waals surface area contributed by atoms with Crippen molar-refractivity contribution < 1.29 is 4.74 Å². The monoisotopic (exact) mass is 311 g/mol. The molecule has 0 aliphatic rings. The minimum Gasteiger partial charge on any atom is -0.496 e. The second-order valence-corrected chi connectivity index (χ2v) is 6.01. The molecule has 0 aliphatic heterocycles. The van der Waals surface area contributed by atoms with Crippen molar-refractivity contribution in [3.8, 4) is 17.0 Å². The van der Waals surface area contributed by atoms with Gasteiger partial charge in [0.05, 0.1) is 17.7 Å². The average molecular weight is 312 g/mol. The van der Waals surface area contributed by atoms with Gasteiger partial charge in [0.15, 0.2) is 5.13 Å². The number of nitrogens with one attached hydrogen (secondary N) is 1. The van der Waals surface area contributed by atoms with Gasteiger partial charge in [-0.3, -0.25) is 0 Å². The molecule has 0 bridgehead atoms. The van der Waals surface area contributed by atoms with Crippen molar-refractivity contribution >= 4 is 28.1 Å². The molecule has 1 atom stereocenters. The van der Waals surface area contributed by atoms with E-state index in [0.717, 1.165) is 26.8 Å². The highest BCUT2D eigenvalue weighted by molar-refractivity contribution is 7.16. The van der Waals surface area contributed by atoms with Gasteiger partial charge in [0, 0.05) is 23.7 Å². The van der Waals surface area contributed by atoms with E-state index in [4.69, 9.17) is 22.1 Å². The van der Waals surface area contributed by atoms with Crippen LogP contribution in [0.15, 0.2) is 12.1 Å². The van der Waals surface area contributed by atoms with Crippen LogP contribution in [0.1, 0.15) is 23.4 Å². The molecule has 0 aliphatic carbocycles. The van der Waals surface area contributed by atoms with Crippen molar-refractivity contribution in [2.45, 2.75) is 19.9 Å². The van der Waals surface area contributed by atoms with E-state index < -0.39 is 0 Å². The number of methoxy groups -OCH3 is 1. The summed E-state index contributed by atoms with van der Waals surface area (Å²) in [5.74, 6) is 0.704. The summed E-state index contributed by atoms with van der Waals surface area (Å²) in [6.45, 7) is 3.91. The lowest BCUT2D eigenvalue weighted by Gasteiger charge is -2.12. The van der Waals surface area contributed by atoms with Gasteiger partial charge in [-0.1, -0.05) is 22.9 Å². The molecule has 108 valence electrons. The van der Waals surface area contributed by atoms with Gasteiger partial charge >= 0.3 is 0 Å². The molecule has 0 saturated carbocycles. The van der Waals surface area contributed by atoms with Crippen LogP contribution in [0.2, 0.25) is 5.02 Å². The topological polar surface area (TPSA) is 60.2 Å². The summed E-state index contributed by atoms with van der Waals surface area (Å²) in [7, 11) is 3.47. The Kier molecular flexibility index (Phi) is 4.52. The van der Waals surface area contributed by atoms with E-state index >= 15 is 0 Å². The number of aromatic nitrogens is 1. The number of nitrogens with zero attached hydrogens (tertiary/aromatic N) is 1. The maximum absolute atomic E-state index is 6.15. The highest BCUT2D eigenvalue weighted by atomic mass is 35.5. The third kappa shape index (κ3) is 2.75. The van der Waals surface area contributed by atoms with Crippen molar-refractivity contribution in [3.05, 3.63) is 27.6 Å². The zero-order valence-electron chi connectivity index (χ0n) is 12.0. The molecule has 2 rings (SSSR count). The van der Waals surface area contributed by atoms with Crippen LogP contribution in [0.5, 0.6) is 5.75 Å². The molecular weight excluding hydrogens is 294 g/mol. The SMILES string of the molecule is CNc1nc(-c2cc(C)c(Cl)cc2OC)c(C(C)N)s1. The van der Waals surface area contributed by atoms with Crippen molar-refractivity contribution in [3.63, 3.8) is 0 Å². The second-order valence-electron chi connectivity index (χ2n) is 4.57. The molecule has 3 N–H and O–H groups in total. The molecule has 4 nitrogen and oxygen atoms in total. The Morgan fingerprint density at radius 2 is 2.15 bits per heavy atom. The Hall–Kier alpha value is -1.30. The number of rotatable bonds is 4. The highest BCUT2D eigenvalue weighted by Crippen LogP contribution is 2.40. The van der Waals surface area contributed by atoms with Gasteiger partial charge in [-0.05, 0) is 31.5 Å². The van der Waals surface area contributed by atoms with Gasteiger partial charge in [0.2, 0.25) is 0 Å². The molecule has 1 aromatic carbocycles. The van der Waals surface area contributed by atoms with Crippen LogP contribution in [0.25, 0.3) is 11.3 Å². The maximum atomic E-state index is 6.15. The minimum absolute atomic E-state index is 0.0923. The molecule has 1 heterocycles. The first kappa shape index (κ1) is 15.1. The Bertz CT molecular complexity index is 625. The first-order valence-corrected chi connectivity index (χ1v) is 7.46. The molecule has 0 spiro atoms. The van der Waals surface area contributed by atoms with Gasteiger partial charge in [0.1, 0.15) is 5.75 Å². The summed E-state index contributed by atoms with van der Waals surface area (Å²) >= 11 is 7.71. The first-order chi connectivity index (χ1) is 9.47. The van der Waals surface area contributed by atoms with E-state index in [1.54, 1.807) is 18.4 Å². The summed E-state index contributed by atoms with van der Waals surface area (Å²) in [5, 5.41) is 4.57. The minimum atomic E-state index is -0.0923. The summed E-state index contributed by atoms with van der Waals surface area (Å²) in [5.41, 5.74) is 8.81. The van der Waals surface area contributed by atoms with Crippen LogP contribution in [0.4, 0.5) is 5.13 Å². The van der Waals surface area contributed by atoms with Gasteiger partial charge in [0.25, 0.3) is 0 Å². The van der Waals surface area contributed by atoms with E-state index in [9.17, 15) is 0 Å². The standard InChI is InChI=1S/C14H18ClN3OS/c1-7-5-9(11(19-4)6-10(7)15)12-13(8(2)16)20-14(17-3)18-12/h5-6,8H,16H2,1-4H3,(H,17,18). The van der Waals surface area contributed by atoms with Gasteiger partial charge < -0.3 is 15.8 Å². The fourth-order valence-corrected chi connectivity index (χ4v) is 3.00. The molecule has 2 aromatic rings. The van der Waals surface area contributed by atoms with E-state index in [0.29, 0.717) is 10.8 Å². The largest absolute Gasteiger partial charge is 0.496 e. The lowest BCUT2D eigenvalue weighted by molar-refractivity contribution is 0.416. The Labute approximate surface area is 127 Å². The van der Waals surface area contributed by atoms with E-state index in [-0.39, 0.29) is 6.04 Å². The van der Waals surface area contributed by atoms with Gasteiger partial charge in [-0.2, -0.15) is 0 Å². The molecule has 0 radical (unpaired) electrons. The molecule has 0 fully saturated rings. The quantitative estimate of drug-likeness (QED) is 0.900. The van der Waals surface area contributed by atoms with Crippen molar-refractivity contribution in [2.75, 3.05) is 19.5 Å². The zero-order valence-corrected chi connectivity index (χ0v) is 13.5. The summed E-state index contributed by atoms with van der Waals surface area (Å²) in [4.78, 5) is 5.63. The lowest BCUT2D eigenvalue weighted by atomic mass is 10.0.